The lowest BCUT2D eigenvalue weighted by atomic mass is 9.64. The smallest absolute Gasteiger partial charge is 0.229 e. The van der Waals surface area contributed by atoms with Crippen LogP contribution in [0.4, 0.5) is 0 Å². The highest BCUT2D eigenvalue weighted by atomic mass is 16.2. The van der Waals surface area contributed by atoms with Crippen LogP contribution in [0.25, 0.3) is 0 Å². The molecule has 4 unspecified atom stereocenters. The summed E-state index contributed by atoms with van der Waals surface area (Å²) in [7, 11) is 3.63. The zero-order valence-electron chi connectivity index (χ0n) is 15.8. The first-order valence-corrected chi connectivity index (χ1v) is 9.34. The molecule has 0 aromatic rings. The molecule has 3 rings (SSSR count). The molecule has 2 fully saturated rings. The number of likely N-dealkylation sites (tertiary alicyclic amines) is 1. The highest BCUT2D eigenvalue weighted by Gasteiger charge is 2.59. The quantitative estimate of drug-likeness (QED) is 0.730. The van der Waals surface area contributed by atoms with Gasteiger partial charge in [-0.05, 0) is 42.9 Å². The maximum absolute atomic E-state index is 13.4. The maximum Gasteiger partial charge on any atom is 0.229 e. The van der Waals surface area contributed by atoms with E-state index < -0.39 is 5.41 Å². The number of allylic oxidation sites excluding steroid dienone is 2. The van der Waals surface area contributed by atoms with Crippen molar-refractivity contribution in [1.82, 2.24) is 9.80 Å². The van der Waals surface area contributed by atoms with Crippen LogP contribution in [0.2, 0.25) is 0 Å². The molecule has 134 valence electrons. The van der Waals surface area contributed by atoms with E-state index >= 15 is 0 Å². The van der Waals surface area contributed by atoms with Crippen LogP contribution in [0.5, 0.6) is 0 Å². The number of hydrogen-bond donors (Lipinski definition) is 0. The average Bonchev–Trinajstić information content (AvgIpc) is 3.06. The molecule has 0 bridgehead atoms. The fourth-order valence-electron chi connectivity index (χ4n) is 5.16. The van der Waals surface area contributed by atoms with Crippen LogP contribution in [0.1, 0.15) is 46.5 Å². The van der Waals surface area contributed by atoms with Gasteiger partial charge in [-0.3, -0.25) is 9.59 Å². The third-order valence-corrected chi connectivity index (χ3v) is 7.35. The molecule has 0 spiro atoms. The van der Waals surface area contributed by atoms with Gasteiger partial charge in [-0.15, -0.1) is 0 Å². The van der Waals surface area contributed by atoms with Gasteiger partial charge in [0.2, 0.25) is 11.8 Å². The number of nitrogens with zero attached hydrogens (tertiary/aromatic N) is 2. The molecule has 0 N–H and O–H groups in total. The molecule has 0 aromatic carbocycles. The van der Waals surface area contributed by atoms with Crippen molar-refractivity contribution in [2.24, 2.45) is 28.6 Å². The molecule has 2 amide bonds. The number of carbonyl (C=O) groups is 2. The predicted molar refractivity (Wildman–Crippen MR) is 95.2 cm³/mol. The van der Waals surface area contributed by atoms with Crippen molar-refractivity contribution in [1.29, 1.82) is 0 Å². The third kappa shape index (κ3) is 2.49. The molecule has 1 heterocycles. The molecule has 24 heavy (non-hydrogen) atoms. The minimum absolute atomic E-state index is 0.0620. The van der Waals surface area contributed by atoms with Crippen molar-refractivity contribution >= 4 is 11.8 Å². The molecule has 3 aliphatic rings. The van der Waals surface area contributed by atoms with E-state index in [-0.39, 0.29) is 23.1 Å². The first-order chi connectivity index (χ1) is 11.2. The summed E-state index contributed by atoms with van der Waals surface area (Å²) in [6.07, 6.45) is 8.37. The third-order valence-electron chi connectivity index (χ3n) is 7.35. The van der Waals surface area contributed by atoms with Crippen LogP contribution in [0.15, 0.2) is 12.2 Å². The maximum atomic E-state index is 13.4. The lowest BCUT2D eigenvalue weighted by Gasteiger charge is -2.42. The van der Waals surface area contributed by atoms with Gasteiger partial charge in [-0.25, -0.2) is 0 Å². The van der Waals surface area contributed by atoms with Gasteiger partial charge in [-0.1, -0.05) is 32.9 Å². The van der Waals surface area contributed by atoms with E-state index in [0.717, 1.165) is 38.8 Å². The highest BCUT2D eigenvalue weighted by Crippen LogP contribution is 2.57. The second-order valence-electron chi connectivity index (χ2n) is 9.05. The topological polar surface area (TPSA) is 40.6 Å². The van der Waals surface area contributed by atoms with Crippen LogP contribution in [0, 0.1) is 28.6 Å². The summed E-state index contributed by atoms with van der Waals surface area (Å²) in [5, 5.41) is 0. The minimum Gasteiger partial charge on any atom is -0.349 e. The Morgan fingerprint density at radius 3 is 2.08 bits per heavy atom. The average molecular weight is 332 g/mol. The van der Waals surface area contributed by atoms with Crippen molar-refractivity contribution in [3.8, 4) is 0 Å². The van der Waals surface area contributed by atoms with Crippen LogP contribution in [-0.4, -0.2) is 48.8 Å². The van der Waals surface area contributed by atoms with Crippen LogP contribution >= 0.6 is 0 Å². The molecule has 1 saturated carbocycles. The van der Waals surface area contributed by atoms with Crippen molar-refractivity contribution in [3.63, 3.8) is 0 Å². The summed E-state index contributed by atoms with van der Waals surface area (Å²) in [6.45, 7) is 8.12. The fraction of sp³-hybridized carbons (Fsp3) is 0.800. The Kier molecular flexibility index (Phi) is 4.29. The van der Waals surface area contributed by atoms with Crippen LogP contribution in [0.3, 0.4) is 0 Å². The van der Waals surface area contributed by atoms with Gasteiger partial charge in [0, 0.05) is 33.1 Å². The Balaban J connectivity index is 1.78. The van der Waals surface area contributed by atoms with Gasteiger partial charge in [-0.2, -0.15) is 0 Å². The molecular weight excluding hydrogens is 300 g/mol. The summed E-state index contributed by atoms with van der Waals surface area (Å²) >= 11 is 0. The number of fused-ring (bicyclic) bond motifs is 1. The van der Waals surface area contributed by atoms with Crippen molar-refractivity contribution in [2.75, 3.05) is 27.2 Å². The predicted octanol–water partition coefficient (Wildman–Crippen LogP) is 2.94. The summed E-state index contributed by atoms with van der Waals surface area (Å²) in [5.74, 6) is 1.64. The molecule has 2 aliphatic carbocycles. The molecule has 1 saturated heterocycles. The van der Waals surface area contributed by atoms with Crippen LogP contribution < -0.4 is 0 Å². The molecule has 4 heteroatoms. The highest BCUT2D eigenvalue weighted by molar-refractivity contribution is 5.87. The first-order valence-electron chi connectivity index (χ1n) is 9.34. The molecule has 0 aromatic heterocycles. The second-order valence-corrected chi connectivity index (χ2v) is 9.05. The summed E-state index contributed by atoms with van der Waals surface area (Å²) in [6, 6.07) is 0. The SMILES string of the molecule is CN(C)C(=O)C1CCC(C)(C(=O)N2CC3CC=CCC3C2)C1(C)C. The van der Waals surface area contributed by atoms with E-state index in [1.807, 2.05) is 14.1 Å². The Hall–Kier alpha value is -1.32. The van der Waals surface area contributed by atoms with E-state index in [1.54, 1.807) is 4.90 Å². The monoisotopic (exact) mass is 332 g/mol. The zero-order chi connectivity index (χ0) is 17.7. The lowest BCUT2D eigenvalue weighted by Crippen LogP contribution is -2.50. The first kappa shape index (κ1) is 17.5. The Morgan fingerprint density at radius 1 is 1.04 bits per heavy atom. The number of amides is 2. The van der Waals surface area contributed by atoms with Crippen molar-refractivity contribution in [3.05, 3.63) is 12.2 Å². The largest absolute Gasteiger partial charge is 0.349 e. The molecule has 4 nitrogen and oxygen atoms in total. The normalized spacial score (nSPS) is 37.4. The van der Waals surface area contributed by atoms with E-state index in [0.29, 0.717) is 11.8 Å². The van der Waals surface area contributed by atoms with Gasteiger partial charge >= 0.3 is 0 Å². The summed E-state index contributed by atoms with van der Waals surface area (Å²) < 4.78 is 0. The van der Waals surface area contributed by atoms with Crippen molar-refractivity contribution < 1.29 is 9.59 Å². The Morgan fingerprint density at radius 2 is 1.58 bits per heavy atom. The Bertz CT molecular complexity index is 550. The summed E-state index contributed by atoms with van der Waals surface area (Å²) in [4.78, 5) is 29.8. The van der Waals surface area contributed by atoms with E-state index in [4.69, 9.17) is 0 Å². The van der Waals surface area contributed by atoms with Crippen molar-refractivity contribution in [2.45, 2.75) is 46.5 Å². The van der Waals surface area contributed by atoms with E-state index in [9.17, 15) is 9.59 Å². The molecular formula is C20H32N2O2. The number of hydrogen-bond acceptors (Lipinski definition) is 2. The Labute approximate surface area is 146 Å². The molecule has 0 radical (unpaired) electrons. The zero-order valence-corrected chi connectivity index (χ0v) is 15.8. The molecule has 1 aliphatic heterocycles. The van der Waals surface area contributed by atoms with Gasteiger partial charge in [0.25, 0.3) is 0 Å². The van der Waals surface area contributed by atoms with E-state index in [1.165, 1.54) is 0 Å². The van der Waals surface area contributed by atoms with Crippen LogP contribution in [-0.2, 0) is 9.59 Å². The van der Waals surface area contributed by atoms with Gasteiger partial charge in [0.05, 0.1) is 5.41 Å². The van der Waals surface area contributed by atoms with E-state index in [2.05, 4.69) is 37.8 Å². The van der Waals surface area contributed by atoms with Gasteiger partial charge in [0.1, 0.15) is 0 Å². The fourth-order valence-corrected chi connectivity index (χ4v) is 5.16. The standard InChI is InChI=1S/C20H32N2O2/c1-19(2)16(17(23)21(4)5)10-11-20(19,3)18(24)22-12-14-8-6-7-9-15(14)13-22/h6-7,14-16H,8-13H2,1-5H3. The van der Waals surface area contributed by atoms with Gasteiger partial charge < -0.3 is 9.80 Å². The molecule has 4 atom stereocenters. The second kappa shape index (κ2) is 5.89. The number of rotatable bonds is 2. The summed E-state index contributed by atoms with van der Waals surface area (Å²) in [5.41, 5.74) is -0.748. The lowest BCUT2D eigenvalue weighted by molar-refractivity contribution is -0.149. The number of carbonyl (C=O) groups excluding carboxylic acids is 2. The minimum atomic E-state index is -0.440. The van der Waals surface area contributed by atoms with Gasteiger partial charge in [0.15, 0.2) is 0 Å².